The van der Waals surface area contributed by atoms with Gasteiger partial charge in [0.05, 0.1) is 4.90 Å². The van der Waals surface area contributed by atoms with Crippen LogP contribution in [0.25, 0.3) is 0 Å². The van der Waals surface area contributed by atoms with Crippen LogP contribution in [0.1, 0.15) is 27.0 Å². The molecule has 3 rings (SSSR count). The Bertz CT molecular complexity index is 953. The standard InChI is InChI=1S/C20H26N4O3S/c1-15-11-18(12-19(16(15)2)28(26,27)21-3)20(25)24-9-7-23(8-10-24)14-17-5-4-6-22-13-17/h4-6,11-13,21H,7-10,14H2,1-3H3. The van der Waals surface area contributed by atoms with Crippen molar-refractivity contribution in [2.24, 2.45) is 0 Å². The molecule has 0 bridgehead atoms. The first kappa shape index (κ1) is 20.4. The summed E-state index contributed by atoms with van der Waals surface area (Å²) in [5.41, 5.74) is 3.01. The summed E-state index contributed by atoms with van der Waals surface area (Å²) in [6, 6.07) is 7.22. The maximum absolute atomic E-state index is 13.0. The molecule has 1 saturated heterocycles. The third-order valence-corrected chi connectivity index (χ3v) is 6.75. The van der Waals surface area contributed by atoms with Crippen LogP contribution in [0.4, 0.5) is 0 Å². The predicted molar refractivity (Wildman–Crippen MR) is 108 cm³/mol. The van der Waals surface area contributed by atoms with Gasteiger partial charge in [-0.1, -0.05) is 6.07 Å². The van der Waals surface area contributed by atoms with Gasteiger partial charge in [-0.15, -0.1) is 0 Å². The summed E-state index contributed by atoms with van der Waals surface area (Å²) in [5, 5.41) is 0. The van der Waals surface area contributed by atoms with Crippen LogP contribution in [0, 0.1) is 13.8 Å². The van der Waals surface area contributed by atoms with E-state index >= 15 is 0 Å². The van der Waals surface area contributed by atoms with E-state index in [2.05, 4.69) is 14.6 Å². The Labute approximate surface area is 166 Å². The number of carbonyl (C=O) groups is 1. The van der Waals surface area contributed by atoms with E-state index in [1.54, 1.807) is 24.1 Å². The van der Waals surface area contributed by atoms with E-state index in [4.69, 9.17) is 0 Å². The first-order valence-electron chi connectivity index (χ1n) is 9.27. The molecule has 1 aromatic carbocycles. The molecule has 1 fully saturated rings. The van der Waals surface area contributed by atoms with Crippen LogP contribution in [0.5, 0.6) is 0 Å². The SMILES string of the molecule is CNS(=O)(=O)c1cc(C(=O)N2CCN(Cc3cccnc3)CC2)cc(C)c1C. The second-order valence-corrected chi connectivity index (χ2v) is 8.91. The highest BCUT2D eigenvalue weighted by Gasteiger charge is 2.25. The molecule has 2 heterocycles. The van der Waals surface area contributed by atoms with Crippen molar-refractivity contribution in [3.05, 3.63) is 58.9 Å². The molecule has 7 nitrogen and oxygen atoms in total. The van der Waals surface area contributed by atoms with Crippen molar-refractivity contribution < 1.29 is 13.2 Å². The molecule has 0 saturated carbocycles. The minimum Gasteiger partial charge on any atom is -0.336 e. The maximum atomic E-state index is 13.0. The molecule has 0 atom stereocenters. The molecule has 1 aliphatic heterocycles. The van der Waals surface area contributed by atoms with E-state index in [1.807, 2.05) is 25.3 Å². The molecule has 2 aromatic rings. The number of piperazine rings is 1. The topological polar surface area (TPSA) is 82.6 Å². The third-order valence-electron chi connectivity index (χ3n) is 5.21. The van der Waals surface area contributed by atoms with E-state index in [-0.39, 0.29) is 10.8 Å². The largest absolute Gasteiger partial charge is 0.336 e. The van der Waals surface area contributed by atoms with Crippen molar-refractivity contribution in [3.63, 3.8) is 0 Å². The number of benzene rings is 1. The fraction of sp³-hybridized carbons (Fsp3) is 0.400. The van der Waals surface area contributed by atoms with E-state index in [1.165, 1.54) is 13.1 Å². The van der Waals surface area contributed by atoms with Gasteiger partial charge in [0.2, 0.25) is 10.0 Å². The van der Waals surface area contributed by atoms with Gasteiger partial charge in [0.1, 0.15) is 0 Å². The zero-order valence-electron chi connectivity index (χ0n) is 16.5. The van der Waals surface area contributed by atoms with E-state index in [0.717, 1.165) is 30.8 Å². The van der Waals surface area contributed by atoms with Gasteiger partial charge in [-0.25, -0.2) is 13.1 Å². The van der Waals surface area contributed by atoms with Gasteiger partial charge in [-0.3, -0.25) is 14.7 Å². The molecule has 150 valence electrons. The molecule has 0 aliphatic carbocycles. The first-order valence-corrected chi connectivity index (χ1v) is 10.8. The molecule has 0 unspecified atom stereocenters. The number of amides is 1. The van der Waals surface area contributed by atoms with Crippen molar-refractivity contribution in [2.45, 2.75) is 25.3 Å². The van der Waals surface area contributed by atoms with Gasteiger partial charge < -0.3 is 4.90 Å². The summed E-state index contributed by atoms with van der Waals surface area (Å²) < 4.78 is 26.9. The number of hydrogen-bond donors (Lipinski definition) is 1. The highest BCUT2D eigenvalue weighted by molar-refractivity contribution is 7.89. The lowest BCUT2D eigenvalue weighted by atomic mass is 10.0. The van der Waals surface area contributed by atoms with Crippen molar-refractivity contribution in [2.75, 3.05) is 33.2 Å². The van der Waals surface area contributed by atoms with E-state index in [0.29, 0.717) is 24.2 Å². The van der Waals surface area contributed by atoms with Gasteiger partial charge >= 0.3 is 0 Å². The number of nitrogens with one attached hydrogen (secondary N) is 1. The Kier molecular flexibility index (Phi) is 6.12. The molecule has 0 radical (unpaired) electrons. The van der Waals surface area contributed by atoms with Crippen LogP contribution in [0.3, 0.4) is 0 Å². The molecule has 28 heavy (non-hydrogen) atoms. The van der Waals surface area contributed by atoms with Crippen molar-refractivity contribution >= 4 is 15.9 Å². The second kappa shape index (κ2) is 8.38. The lowest BCUT2D eigenvalue weighted by molar-refractivity contribution is 0.0628. The van der Waals surface area contributed by atoms with Crippen LogP contribution in [0.2, 0.25) is 0 Å². The van der Waals surface area contributed by atoms with Crippen LogP contribution in [-0.4, -0.2) is 62.3 Å². The summed E-state index contributed by atoms with van der Waals surface area (Å²) in [5.74, 6) is -0.128. The van der Waals surface area contributed by atoms with Crippen LogP contribution < -0.4 is 4.72 Å². The molecule has 1 aromatic heterocycles. The number of hydrogen-bond acceptors (Lipinski definition) is 5. The highest BCUT2D eigenvalue weighted by Crippen LogP contribution is 2.22. The Morgan fingerprint density at radius 3 is 2.50 bits per heavy atom. The lowest BCUT2D eigenvalue weighted by Crippen LogP contribution is -2.48. The molecule has 0 spiro atoms. The summed E-state index contributed by atoms with van der Waals surface area (Å²) in [4.78, 5) is 21.4. The predicted octanol–water partition coefficient (Wildman–Crippen LogP) is 1.56. The Hall–Kier alpha value is -2.29. The van der Waals surface area contributed by atoms with Crippen molar-refractivity contribution in [1.82, 2.24) is 19.5 Å². The van der Waals surface area contributed by atoms with Gasteiger partial charge in [-0.2, -0.15) is 0 Å². The highest BCUT2D eigenvalue weighted by atomic mass is 32.2. The number of aromatic nitrogens is 1. The maximum Gasteiger partial charge on any atom is 0.253 e. The zero-order chi connectivity index (χ0) is 20.3. The van der Waals surface area contributed by atoms with Gasteiger partial charge in [0.25, 0.3) is 5.91 Å². The van der Waals surface area contributed by atoms with Crippen molar-refractivity contribution in [3.8, 4) is 0 Å². The van der Waals surface area contributed by atoms with Gasteiger partial charge in [0.15, 0.2) is 0 Å². The molecule has 1 N–H and O–H groups in total. The summed E-state index contributed by atoms with van der Waals surface area (Å²) in [7, 11) is -2.24. The number of aryl methyl sites for hydroxylation is 1. The number of sulfonamides is 1. The Morgan fingerprint density at radius 2 is 1.89 bits per heavy atom. The normalized spacial score (nSPS) is 15.6. The monoisotopic (exact) mass is 402 g/mol. The Balaban J connectivity index is 1.72. The molecular weight excluding hydrogens is 376 g/mol. The lowest BCUT2D eigenvalue weighted by Gasteiger charge is -2.35. The fourth-order valence-corrected chi connectivity index (χ4v) is 4.45. The third kappa shape index (κ3) is 4.40. The summed E-state index contributed by atoms with van der Waals surface area (Å²) in [6.45, 7) is 7.16. The first-order chi connectivity index (χ1) is 13.3. The summed E-state index contributed by atoms with van der Waals surface area (Å²) in [6.07, 6.45) is 3.61. The molecular formula is C20H26N4O3S. The zero-order valence-corrected chi connectivity index (χ0v) is 17.3. The minimum atomic E-state index is -3.62. The average Bonchev–Trinajstić information content (AvgIpc) is 2.70. The Morgan fingerprint density at radius 1 is 1.18 bits per heavy atom. The smallest absolute Gasteiger partial charge is 0.253 e. The van der Waals surface area contributed by atoms with Crippen LogP contribution in [-0.2, 0) is 16.6 Å². The van der Waals surface area contributed by atoms with Crippen LogP contribution in [0.15, 0.2) is 41.6 Å². The van der Waals surface area contributed by atoms with Gasteiger partial charge in [-0.05, 0) is 55.8 Å². The number of pyridine rings is 1. The van der Waals surface area contributed by atoms with Crippen molar-refractivity contribution in [1.29, 1.82) is 0 Å². The van der Waals surface area contributed by atoms with Gasteiger partial charge in [0, 0.05) is 50.7 Å². The number of nitrogens with zero attached hydrogens (tertiary/aromatic N) is 3. The van der Waals surface area contributed by atoms with E-state index in [9.17, 15) is 13.2 Å². The molecule has 1 aliphatic rings. The minimum absolute atomic E-state index is 0.128. The van der Waals surface area contributed by atoms with E-state index < -0.39 is 10.0 Å². The number of rotatable bonds is 5. The second-order valence-electron chi connectivity index (χ2n) is 7.05. The summed E-state index contributed by atoms with van der Waals surface area (Å²) >= 11 is 0. The molecule has 1 amide bonds. The molecule has 8 heteroatoms. The quantitative estimate of drug-likeness (QED) is 0.821. The average molecular weight is 403 g/mol. The number of carbonyl (C=O) groups excluding carboxylic acids is 1. The van der Waals surface area contributed by atoms with Crippen LogP contribution >= 0.6 is 0 Å². The fourth-order valence-electron chi connectivity index (χ4n) is 3.38.